The van der Waals surface area contributed by atoms with E-state index in [1.807, 2.05) is 0 Å². The summed E-state index contributed by atoms with van der Waals surface area (Å²) >= 11 is 0. The van der Waals surface area contributed by atoms with Crippen molar-refractivity contribution in [3.8, 4) is 0 Å². The third-order valence-electron chi connectivity index (χ3n) is 5.65. The third kappa shape index (κ3) is 2.84. The van der Waals surface area contributed by atoms with Crippen LogP contribution in [0.3, 0.4) is 0 Å². The molecule has 1 saturated carbocycles. The Morgan fingerprint density at radius 1 is 1.11 bits per heavy atom. The van der Waals surface area contributed by atoms with E-state index in [1.165, 1.54) is 57.9 Å². The Labute approximate surface area is 117 Å². The van der Waals surface area contributed by atoms with Crippen LogP contribution in [-0.2, 0) is 4.74 Å². The van der Waals surface area contributed by atoms with Crippen LogP contribution in [0, 0.1) is 5.92 Å². The van der Waals surface area contributed by atoms with Gasteiger partial charge in [0, 0.05) is 18.6 Å². The molecule has 4 atom stereocenters. The van der Waals surface area contributed by atoms with Gasteiger partial charge in [-0.15, -0.1) is 0 Å². The molecule has 2 saturated heterocycles. The summed E-state index contributed by atoms with van der Waals surface area (Å²) in [6.07, 6.45) is 11.8. The molecule has 0 aromatic rings. The van der Waals surface area contributed by atoms with Crippen LogP contribution >= 0.6 is 0 Å². The first-order valence-electron chi connectivity index (χ1n) is 8.41. The monoisotopic (exact) mass is 266 g/mol. The molecule has 3 rings (SSSR count). The quantitative estimate of drug-likeness (QED) is 0.850. The molecule has 0 bridgehead atoms. The number of rotatable bonds is 4. The van der Waals surface area contributed by atoms with E-state index in [2.05, 4.69) is 11.8 Å². The van der Waals surface area contributed by atoms with Gasteiger partial charge in [0.2, 0.25) is 0 Å². The highest BCUT2D eigenvalue weighted by Gasteiger charge is 2.40. The molecule has 0 spiro atoms. The third-order valence-corrected chi connectivity index (χ3v) is 5.65. The molecule has 3 fully saturated rings. The van der Waals surface area contributed by atoms with Crippen LogP contribution in [0.25, 0.3) is 0 Å². The predicted octanol–water partition coefficient (Wildman–Crippen LogP) is 2.54. The van der Waals surface area contributed by atoms with Crippen LogP contribution in [0.4, 0.5) is 0 Å². The van der Waals surface area contributed by atoms with Gasteiger partial charge in [0.15, 0.2) is 0 Å². The Bertz CT molecular complexity index is 290. The lowest BCUT2D eigenvalue weighted by Gasteiger charge is -2.38. The molecule has 1 aliphatic carbocycles. The van der Waals surface area contributed by atoms with Gasteiger partial charge in [0.25, 0.3) is 0 Å². The number of likely N-dealkylation sites (tertiary alicyclic amines) is 1. The minimum absolute atomic E-state index is 0.391. The second kappa shape index (κ2) is 6.11. The van der Waals surface area contributed by atoms with Crippen molar-refractivity contribution in [3.05, 3.63) is 0 Å². The lowest BCUT2D eigenvalue weighted by molar-refractivity contribution is -0.0147. The van der Waals surface area contributed by atoms with Crippen LogP contribution in [0.1, 0.15) is 58.3 Å². The molecule has 3 heteroatoms. The van der Waals surface area contributed by atoms with Crippen molar-refractivity contribution in [1.29, 1.82) is 0 Å². The first kappa shape index (κ1) is 13.8. The van der Waals surface area contributed by atoms with Crippen LogP contribution < -0.4 is 5.73 Å². The van der Waals surface area contributed by atoms with Crippen LogP contribution in [-0.4, -0.2) is 42.3 Å². The SMILES string of the molecule is CC1CCC(C(CN)N2CCCC2C2CCCC2)O1. The maximum Gasteiger partial charge on any atom is 0.0747 e. The predicted molar refractivity (Wildman–Crippen MR) is 78.1 cm³/mol. The Balaban J connectivity index is 1.67. The van der Waals surface area contributed by atoms with Crippen LogP contribution in [0.5, 0.6) is 0 Å². The maximum atomic E-state index is 6.12. The topological polar surface area (TPSA) is 38.5 Å². The molecule has 0 aromatic heterocycles. The highest BCUT2D eigenvalue weighted by atomic mass is 16.5. The molecular weight excluding hydrogens is 236 g/mol. The zero-order valence-corrected chi connectivity index (χ0v) is 12.4. The molecule has 0 radical (unpaired) electrons. The fraction of sp³-hybridized carbons (Fsp3) is 1.00. The summed E-state index contributed by atoms with van der Waals surface area (Å²) in [5, 5.41) is 0. The van der Waals surface area contributed by atoms with Crippen molar-refractivity contribution in [2.75, 3.05) is 13.1 Å². The molecule has 3 nitrogen and oxygen atoms in total. The minimum atomic E-state index is 0.391. The van der Waals surface area contributed by atoms with Crippen LogP contribution in [0.2, 0.25) is 0 Å². The van der Waals surface area contributed by atoms with Gasteiger partial charge in [-0.2, -0.15) is 0 Å². The van der Waals surface area contributed by atoms with Gasteiger partial charge in [-0.05, 0) is 57.9 Å². The number of nitrogens with two attached hydrogens (primary N) is 1. The molecule has 3 aliphatic rings. The Kier molecular flexibility index (Phi) is 4.45. The summed E-state index contributed by atoms with van der Waals surface area (Å²) in [7, 11) is 0. The number of hydrogen-bond acceptors (Lipinski definition) is 3. The molecule has 2 aliphatic heterocycles. The van der Waals surface area contributed by atoms with E-state index in [0.29, 0.717) is 18.2 Å². The fourth-order valence-corrected chi connectivity index (χ4v) is 4.69. The average molecular weight is 266 g/mol. The highest BCUT2D eigenvalue weighted by Crippen LogP contribution is 2.38. The van der Waals surface area contributed by atoms with E-state index >= 15 is 0 Å². The summed E-state index contributed by atoms with van der Waals surface area (Å²) in [6.45, 7) is 4.21. The summed E-state index contributed by atoms with van der Waals surface area (Å²) in [5.74, 6) is 0.940. The van der Waals surface area contributed by atoms with E-state index in [4.69, 9.17) is 10.5 Å². The molecule has 2 N–H and O–H groups in total. The zero-order chi connectivity index (χ0) is 13.2. The lowest BCUT2D eigenvalue weighted by Crippen LogP contribution is -2.52. The molecule has 2 heterocycles. The Morgan fingerprint density at radius 2 is 1.89 bits per heavy atom. The van der Waals surface area contributed by atoms with E-state index in [0.717, 1.165) is 18.5 Å². The fourth-order valence-electron chi connectivity index (χ4n) is 4.69. The van der Waals surface area contributed by atoms with Gasteiger partial charge in [0.05, 0.1) is 12.2 Å². The van der Waals surface area contributed by atoms with Crippen molar-refractivity contribution in [1.82, 2.24) is 4.90 Å². The second-order valence-electron chi connectivity index (χ2n) is 6.86. The van der Waals surface area contributed by atoms with Gasteiger partial charge in [-0.1, -0.05) is 12.8 Å². The maximum absolute atomic E-state index is 6.12. The van der Waals surface area contributed by atoms with E-state index in [9.17, 15) is 0 Å². The molecule has 19 heavy (non-hydrogen) atoms. The smallest absolute Gasteiger partial charge is 0.0747 e. The summed E-state index contributed by atoms with van der Waals surface area (Å²) in [6, 6.07) is 1.27. The molecule has 0 amide bonds. The van der Waals surface area contributed by atoms with Crippen LogP contribution in [0.15, 0.2) is 0 Å². The van der Waals surface area contributed by atoms with Crippen molar-refractivity contribution in [2.45, 2.75) is 82.6 Å². The highest BCUT2D eigenvalue weighted by molar-refractivity contribution is 4.95. The second-order valence-corrected chi connectivity index (χ2v) is 6.86. The van der Waals surface area contributed by atoms with Crippen molar-refractivity contribution >= 4 is 0 Å². The van der Waals surface area contributed by atoms with Crippen molar-refractivity contribution in [3.63, 3.8) is 0 Å². The zero-order valence-electron chi connectivity index (χ0n) is 12.4. The van der Waals surface area contributed by atoms with Gasteiger partial charge in [-0.25, -0.2) is 0 Å². The summed E-state index contributed by atoms with van der Waals surface area (Å²) in [5.41, 5.74) is 6.12. The molecular formula is C16H30N2O. The number of hydrogen-bond donors (Lipinski definition) is 1. The van der Waals surface area contributed by atoms with Crippen molar-refractivity contribution < 1.29 is 4.74 Å². The largest absolute Gasteiger partial charge is 0.374 e. The number of ether oxygens (including phenoxy) is 1. The summed E-state index contributed by atoms with van der Waals surface area (Å²) < 4.78 is 6.12. The minimum Gasteiger partial charge on any atom is -0.374 e. The molecule has 110 valence electrons. The van der Waals surface area contributed by atoms with Gasteiger partial charge < -0.3 is 10.5 Å². The van der Waals surface area contributed by atoms with Gasteiger partial charge in [-0.3, -0.25) is 4.90 Å². The van der Waals surface area contributed by atoms with E-state index < -0.39 is 0 Å². The standard InChI is InChI=1S/C16H30N2O/c1-12-8-9-16(19-12)15(11-17)18-10-4-7-14(18)13-5-2-3-6-13/h12-16H,2-11,17H2,1H3. The van der Waals surface area contributed by atoms with Crippen molar-refractivity contribution in [2.24, 2.45) is 11.7 Å². The number of nitrogens with zero attached hydrogens (tertiary/aromatic N) is 1. The van der Waals surface area contributed by atoms with E-state index in [-0.39, 0.29) is 0 Å². The molecule has 4 unspecified atom stereocenters. The average Bonchev–Trinajstić information content (AvgIpc) is 3.10. The Morgan fingerprint density at radius 3 is 2.53 bits per heavy atom. The first-order valence-corrected chi connectivity index (χ1v) is 8.41. The lowest BCUT2D eigenvalue weighted by atomic mass is 9.94. The first-order chi connectivity index (χ1) is 9.29. The van der Waals surface area contributed by atoms with E-state index in [1.54, 1.807) is 0 Å². The Hall–Kier alpha value is -0.120. The summed E-state index contributed by atoms with van der Waals surface area (Å²) in [4.78, 5) is 2.73. The molecule has 0 aromatic carbocycles. The normalized spacial score (nSPS) is 39.2. The van der Waals surface area contributed by atoms with Gasteiger partial charge in [0.1, 0.15) is 0 Å². The van der Waals surface area contributed by atoms with Gasteiger partial charge >= 0.3 is 0 Å².